The van der Waals surface area contributed by atoms with Crippen molar-refractivity contribution in [1.82, 2.24) is 4.98 Å². The fraction of sp³-hybridized carbons (Fsp3) is 0.375. The quantitative estimate of drug-likeness (QED) is 0.817. The Morgan fingerprint density at radius 3 is 2.73 bits per heavy atom. The van der Waals surface area contributed by atoms with E-state index in [-0.39, 0.29) is 0 Å². The molecule has 22 heavy (non-hydrogen) atoms. The third-order valence-electron chi connectivity index (χ3n) is 4.13. The van der Waals surface area contributed by atoms with Crippen molar-refractivity contribution in [3.8, 4) is 0 Å². The van der Waals surface area contributed by atoms with E-state index in [0.717, 1.165) is 5.69 Å². The van der Waals surface area contributed by atoms with Crippen LogP contribution in [0.5, 0.6) is 0 Å². The van der Waals surface area contributed by atoms with Crippen molar-refractivity contribution in [3.05, 3.63) is 36.0 Å². The van der Waals surface area contributed by atoms with Crippen molar-refractivity contribution in [2.45, 2.75) is 13.3 Å². The number of benzene rings is 1. The molecule has 6 heteroatoms. The van der Waals surface area contributed by atoms with Gasteiger partial charge in [0.25, 0.3) is 0 Å². The Hall–Kier alpha value is -2.24. The number of fused-ring (bicyclic) bond motifs is 1. The molecule has 0 unspecified atom stereocenters. The number of ether oxygens (including phenoxy) is 1. The summed E-state index contributed by atoms with van der Waals surface area (Å²) < 4.78 is 30.6. The molecule has 0 amide bonds. The molecule has 1 aromatic carbocycles. The van der Waals surface area contributed by atoms with Crippen molar-refractivity contribution >= 4 is 22.6 Å². The summed E-state index contributed by atoms with van der Waals surface area (Å²) in [6, 6.07) is 7.02. The molecular weight excluding hydrogens is 290 g/mol. The predicted octanol–water partition coefficient (Wildman–Crippen LogP) is 3.11. The first-order valence-electron chi connectivity index (χ1n) is 6.95. The maximum Gasteiger partial charge on any atom is 0.338 e. The molecule has 3 rings (SSSR count). The number of carbonyl (C=O) groups excluding carboxylic acids is 1. The van der Waals surface area contributed by atoms with Crippen molar-refractivity contribution in [1.29, 1.82) is 0 Å². The van der Waals surface area contributed by atoms with Gasteiger partial charge < -0.3 is 9.64 Å². The third kappa shape index (κ3) is 2.28. The number of nitrogens with zero attached hydrogens (tertiary/aromatic N) is 2. The lowest BCUT2D eigenvalue weighted by atomic mass is 9.82. The Morgan fingerprint density at radius 1 is 1.36 bits per heavy atom. The zero-order chi connectivity index (χ0) is 15.9. The molecule has 4 nitrogen and oxygen atoms in total. The van der Waals surface area contributed by atoms with E-state index < -0.39 is 17.8 Å². The zero-order valence-corrected chi connectivity index (χ0v) is 12.3. The van der Waals surface area contributed by atoms with Gasteiger partial charge in [-0.25, -0.2) is 13.6 Å². The standard InChI is InChI=1S/C16H16F2N2O2/c1-16(15(17)18)8-20(9-16)10-3-4-13-12(7-10)11(5-6-19-13)14(21)22-2/h3-7,15H,8-9H2,1-2H3. The number of aromatic nitrogens is 1. The second kappa shape index (κ2) is 5.19. The lowest BCUT2D eigenvalue weighted by Gasteiger charge is -2.48. The first-order chi connectivity index (χ1) is 10.4. The summed E-state index contributed by atoms with van der Waals surface area (Å²) in [6.45, 7) is 2.17. The Bertz CT molecular complexity index is 727. The van der Waals surface area contributed by atoms with Gasteiger partial charge in [0.2, 0.25) is 6.43 Å². The molecular formula is C16H16F2N2O2. The van der Waals surface area contributed by atoms with Gasteiger partial charge in [-0.15, -0.1) is 0 Å². The van der Waals surface area contributed by atoms with Crippen LogP contribution in [0.25, 0.3) is 10.9 Å². The highest BCUT2D eigenvalue weighted by Crippen LogP contribution is 2.39. The van der Waals surface area contributed by atoms with Crippen LogP contribution in [-0.4, -0.2) is 37.6 Å². The average molecular weight is 306 g/mol. The summed E-state index contributed by atoms with van der Waals surface area (Å²) in [7, 11) is 1.32. The van der Waals surface area contributed by atoms with Gasteiger partial charge in [0, 0.05) is 30.4 Å². The highest BCUT2D eigenvalue weighted by Gasteiger charge is 2.46. The molecule has 0 bridgehead atoms. The lowest BCUT2D eigenvalue weighted by Crippen LogP contribution is -2.58. The van der Waals surface area contributed by atoms with Gasteiger partial charge in [0.05, 0.1) is 23.6 Å². The van der Waals surface area contributed by atoms with E-state index in [1.54, 1.807) is 31.3 Å². The van der Waals surface area contributed by atoms with Crippen LogP contribution in [0.3, 0.4) is 0 Å². The van der Waals surface area contributed by atoms with Gasteiger partial charge in [-0.1, -0.05) is 6.92 Å². The van der Waals surface area contributed by atoms with Crippen LogP contribution in [0.15, 0.2) is 30.5 Å². The second-order valence-electron chi connectivity index (χ2n) is 5.86. The molecule has 2 aromatic rings. The van der Waals surface area contributed by atoms with Gasteiger partial charge in [-0.2, -0.15) is 0 Å². The van der Waals surface area contributed by atoms with E-state index in [1.807, 2.05) is 11.0 Å². The minimum absolute atomic E-state index is 0.296. The molecule has 2 heterocycles. The van der Waals surface area contributed by atoms with Crippen LogP contribution in [0.1, 0.15) is 17.3 Å². The monoisotopic (exact) mass is 306 g/mol. The number of anilines is 1. The van der Waals surface area contributed by atoms with Crippen LogP contribution in [0, 0.1) is 5.41 Å². The van der Waals surface area contributed by atoms with Crippen LogP contribution >= 0.6 is 0 Å². The number of hydrogen-bond donors (Lipinski definition) is 0. The molecule has 0 atom stereocenters. The molecule has 1 saturated heterocycles. The number of carbonyl (C=O) groups is 1. The molecule has 0 radical (unpaired) electrons. The summed E-state index contributed by atoms with van der Waals surface area (Å²) in [5.41, 5.74) is 0.939. The van der Waals surface area contributed by atoms with Gasteiger partial charge >= 0.3 is 5.97 Å². The number of pyridine rings is 1. The molecule has 1 aliphatic heterocycles. The number of methoxy groups -OCH3 is 1. The maximum atomic E-state index is 12.9. The maximum absolute atomic E-state index is 12.9. The highest BCUT2D eigenvalue weighted by molar-refractivity contribution is 6.04. The molecule has 1 aliphatic rings. The fourth-order valence-electron chi connectivity index (χ4n) is 2.77. The first kappa shape index (κ1) is 14.7. The van der Waals surface area contributed by atoms with Crippen LogP contribution in [0.4, 0.5) is 14.5 Å². The summed E-state index contributed by atoms with van der Waals surface area (Å²) in [5.74, 6) is -0.439. The van der Waals surface area contributed by atoms with Crippen molar-refractivity contribution < 1.29 is 18.3 Å². The zero-order valence-electron chi connectivity index (χ0n) is 12.3. The Balaban J connectivity index is 1.95. The van der Waals surface area contributed by atoms with Crippen LogP contribution in [-0.2, 0) is 4.74 Å². The second-order valence-corrected chi connectivity index (χ2v) is 5.86. The largest absolute Gasteiger partial charge is 0.465 e. The number of hydrogen-bond acceptors (Lipinski definition) is 4. The predicted molar refractivity (Wildman–Crippen MR) is 79.4 cm³/mol. The number of alkyl halides is 2. The minimum Gasteiger partial charge on any atom is -0.465 e. The Labute approximate surface area is 126 Å². The van der Waals surface area contributed by atoms with Gasteiger partial charge in [0.1, 0.15) is 0 Å². The van der Waals surface area contributed by atoms with E-state index in [0.29, 0.717) is 29.6 Å². The average Bonchev–Trinajstić information content (AvgIpc) is 2.49. The molecule has 116 valence electrons. The van der Waals surface area contributed by atoms with Gasteiger partial charge in [-0.05, 0) is 24.3 Å². The van der Waals surface area contributed by atoms with Gasteiger partial charge in [0.15, 0.2) is 0 Å². The Kier molecular flexibility index (Phi) is 3.47. The topological polar surface area (TPSA) is 42.4 Å². The molecule has 1 fully saturated rings. The van der Waals surface area contributed by atoms with E-state index in [4.69, 9.17) is 4.74 Å². The van der Waals surface area contributed by atoms with Crippen molar-refractivity contribution in [2.75, 3.05) is 25.1 Å². The summed E-state index contributed by atoms with van der Waals surface area (Å²) in [4.78, 5) is 17.9. The normalized spacial score (nSPS) is 16.7. The van der Waals surface area contributed by atoms with Crippen molar-refractivity contribution in [3.63, 3.8) is 0 Å². The van der Waals surface area contributed by atoms with E-state index in [1.165, 1.54) is 7.11 Å². The molecule has 0 saturated carbocycles. The number of esters is 1. The smallest absolute Gasteiger partial charge is 0.338 e. The number of rotatable bonds is 3. The Morgan fingerprint density at radius 2 is 2.09 bits per heavy atom. The van der Waals surface area contributed by atoms with E-state index in [9.17, 15) is 13.6 Å². The van der Waals surface area contributed by atoms with E-state index in [2.05, 4.69) is 4.98 Å². The van der Waals surface area contributed by atoms with E-state index >= 15 is 0 Å². The molecule has 1 aromatic heterocycles. The first-order valence-corrected chi connectivity index (χ1v) is 6.95. The minimum atomic E-state index is -2.34. The lowest BCUT2D eigenvalue weighted by molar-refractivity contribution is -0.0120. The third-order valence-corrected chi connectivity index (χ3v) is 4.13. The molecule has 0 aliphatic carbocycles. The molecule has 0 spiro atoms. The highest BCUT2D eigenvalue weighted by atomic mass is 19.3. The van der Waals surface area contributed by atoms with Gasteiger partial charge in [-0.3, -0.25) is 4.98 Å². The summed E-state index contributed by atoms with van der Waals surface area (Å²) >= 11 is 0. The SMILES string of the molecule is COC(=O)c1ccnc2ccc(N3CC(C)(C(F)F)C3)cc12. The summed E-state index contributed by atoms with van der Waals surface area (Å²) in [6.07, 6.45) is -0.789. The van der Waals surface area contributed by atoms with Crippen LogP contribution < -0.4 is 4.90 Å². The van der Waals surface area contributed by atoms with Crippen molar-refractivity contribution in [2.24, 2.45) is 5.41 Å². The number of halogens is 2. The summed E-state index contributed by atoms with van der Waals surface area (Å²) in [5, 5.41) is 0.664. The molecule has 0 N–H and O–H groups in total. The fourth-order valence-corrected chi connectivity index (χ4v) is 2.77. The van der Waals surface area contributed by atoms with Crippen LogP contribution in [0.2, 0.25) is 0 Å².